The lowest BCUT2D eigenvalue weighted by molar-refractivity contribution is 0.0402. The van der Waals surface area contributed by atoms with Crippen LogP contribution in [-0.2, 0) is 6.54 Å². The summed E-state index contributed by atoms with van der Waals surface area (Å²) in [7, 11) is 1.93. The molecule has 4 nitrogen and oxygen atoms in total. The van der Waals surface area contributed by atoms with E-state index in [4.69, 9.17) is 16.1 Å². The van der Waals surface area contributed by atoms with Crippen LogP contribution >= 0.6 is 11.6 Å². The van der Waals surface area contributed by atoms with Crippen molar-refractivity contribution in [1.29, 1.82) is 0 Å². The van der Waals surface area contributed by atoms with Crippen LogP contribution in [0.25, 0.3) is 11.3 Å². The second-order valence-electron chi connectivity index (χ2n) is 5.67. The lowest BCUT2D eigenvalue weighted by Gasteiger charge is -2.24. The third kappa shape index (κ3) is 4.34. The fraction of sp³-hybridized carbons (Fsp3) is 0.400. The quantitative estimate of drug-likeness (QED) is 0.920. The number of aromatic nitrogens is 1. The molecule has 0 saturated carbocycles. The third-order valence-electron chi connectivity index (χ3n) is 2.78. The summed E-state index contributed by atoms with van der Waals surface area (Å²) in [4.78, 5) is 1.99. The molecule has 1 aromatic carbocycles. The van der Waals surface area contributed by atoms with E-state index in [1.165, 1.54) is 0 Å². The average Bonchev–Trinajstić information content (AvgIpc) is 2.75. The van der Waals surface area contributed by atoms with E-state index in [2.05, 4.69) is 5.16 Å². The molecule has 0 amide bonds. The number of rotatable bonds is 5. The normalized spacial score (nSPS) is 12.1. The minimum atomic E-state index is -0.728. The van der Waals surface area contributed by atoms with Crippen molar-refractivity contribution in [3.63, 3.8) is 0 Å². The second-order valence-corrected chi connectivity index (χ2v) is 6.11. The minimum Gasteiger partial charge on any atom is -0.389 e. The van der Waals surface area contributed by atoms with E-state index in [-0.39, 0.29) is 0 Å². The fourth-order valence-corrected chi connectivity index (χ4v) is 2.25. The Morgan fingerprint density at radius 1 is 1.30 bits per heavy atom. The smallest absolute Gasteiger partial charge is 0.151 e. The Labute approximate surface area is 124 Å². The van der Waals surface area contributed by atoms with Crippen LogP contribution in [-0.4, -0.2) is 34.4 Å². The van der Waals surface area contributed by atoms with Crippen molar-refractivity contribution in [1.82, 2.24) is 10.1 Å². The summed E-state index contributed by atoms with van der Waals surface area (Å²) in [5, 5.41) is 14.5. The molecule has 2 aromatic rings. The van der Waals surface area contributed by atoms with Gasteiger partial charge in [-0.05, 0) is 33.0 Å². The van der Waals surface area contributed by atoms with E-state index >= 15 is 0 Å². The summed E-state index contributed by atoms with van der Waals surface area (Å²) in [6, 6.07) is 9.37. The predicted octanol–water partition coefficient (Wildman–Crippen LogP) is 3.20. The van der Waals surface area contributed by atoms with E-state index in [1.807, 2.05) is 42.3 Å². The lowest BCUT2D eigenvalue weighted by Crippen LogP contribution is -2.35. The molecule has 5 heteroatoms. The number of hydrogen-bond acceptors (Lipinski definition) is 4. The molecular weight excluding hydrogens is 276 g/mol. The van der Waals surface area contributed by atoms with Crippen LogP contribution in [0.2, 0.25) is 5.02 Å². The van der Waals surface area contributed by atoms with Gasteiger partial charge in [0.1, 0.15) is 5.69 Å². The Kier molecular flexibility index (Phi) is 4.48. The molecule has 1 N–H and O–H groups in total. The van der Waals surface area contributed by atoms with Crippen molar-refractivity contribution in [2.24, 2.45) is 0 Å². The molecule has 0 atom stereocenters. The standard InChI is InChI=1S/C15H19ClN2O2/c1-15(2,19)10-18(3)9-13-8-14(17-20-13)11-4-6-12(16)7-5-11/h4-8,19H,9-10H2,1-3H3. The van der Waals surface area contributed by atoms with E-state index < -0.39 is 5.60 Å². The van der Waals surface area contributed by atoms with Crippen molar-refractivity contribution in [2.75, 3.05) is 13.6 Å². The molecule has 1 aromatic heterocycles. The highest BCUT2D eigenvalue weighted by Gasteiger charge is 2.17. The van der Waals surface area contributed by atoms with Gasteiger partial charge >= 0.3 is 0 Å². The van der Waals surface area contributed by atoms with Gasteiger partial charge in [-0.25, -0.2) is 0 Å². The average molecular weight is 295 g/mol. The summed E-state index contributed by atoms with van der Waals surface area (Å²) >= 11 is 5.86. The van der Waals surface area contributed by atoms with Gasteiger partial charge in [0.25, 0.3) is 0 Å². The van der Waals surface area contributed by atoms with Gasteiger partial charge < -0.3 is 9.63 Å². The number of aliphatic hydroxyl groups is 1. The SMILES string of the molecule is CN(Cc1cc(-c2ccc(Cl)cc2)no1)CC(C)(C)O. The first-order chi connectivity index (χ1) is 9.33. The number of hydrogen-bond donors (Lipinski definition) is 1. The number of benzene rings is 1. The Balaban J connectivity index is 2.04. The Bertz CT molecular complexity index is 558. The zero-order valence-electron chi connectivity index (χ0n) is 11.9. The molecule has 0 unspecified atom stereocenters. The van der Waals surface area contributed by atoms with Crippen LogP contribution in [0.5, 0.6) is 0 Å². The lowest BCUT2D eigenvalue weighted by atomic mass is 10.1. The number of likely N-dealkylation sites (N-methyl/N-ethyl adjacent to an activating group) is 1. The third-order valence-corrected chi connectivity index (χ3v) is 3.03. The van der Waals surface area contributed by atoms with Crippen molar-refractivity contribution in [3.05, 3.63) is 41.1 Å². The maximum Gasteiger partial charge on any atom is 0.151 e. The molecule has 0 fully saturated rings. The van der Waals surface area contributed by atoms with Crippen LogP contribution in [0.15, 0.2) is 34.9 Å². The van der Waals surface area contributed by atoms with Crippen LogP contribution in [0.1, 0.15) is 19.6 Å². The highest BCUT2D eigenvalue weighted by atomic mass is 35.5. The maximum atomic E-state index is 9.77. The summed E-state index contributed by atoms with van der Waals surface area (Å²) in [6.45, 7) is 4.72. The highest BCUT2D eigenvalue weighted by Crippen LogP contribution is 2.22. The van der Waals surface area contributed by atoms with Gasteiger partial charge in [0.05, 0.1) is 12.1 Å². The zero-order chi connectivity index (χ0) is 14.8. The van der Waals surface area contributed by atoms with E-state index in [1.54, 1.807) is 13.8 Å². The largest absolute Gasteiger partial charge is 0.389 e. The molecule has 1 heterocycles. The van der Waals surface area contributed by atoms with Crippen molar-refractivity contribution < 1.29 is 9.63 Å². The van der Waals surface area contributed by atoms with Gasteiger partial charge in [-0.3, -0.25) is 4.90 Å². The molecular formula is C15H19ClN2O2. The summed E-state index contributed by atoms with van der Waals surface area (Å²) in [5.41, 5.74) is 1.02. The zero-order valence-corrected chi connectivity index (χ0v) is 12.7. The molecule has 2 rings (SSSR count). The molecule has 0 spiro atoms. The second kappa shape index (κ2) is 5.95. The van der Waals surface area contributed by atoms with Gasteiger partial charge in [-0.15, -0.1) is 0 Å². The molecule has 0 aliphatic heterocycles. The Hall–Kier alpha value is -1.36. The van der Waals surface area contributed by atoms with Crippen molar-refractivity contribution >= 4 is 11.6 Å². The fourth-order valence-electron chi connectivity index (χ4n) is 2.13. The van der Waals surface area contributed by atoms with E-state index in [0.29, 0.717) is 18.1 Å². The molecule has 0 saturated heterocycles. The monoisotopic (exact) mass is 294 g/mol. The number of halogens is 1. The molecule has 0 aliphatic carbocycles. The predicted molar refractivity (Wildman–Crippen MR) is 79.6 cm³/mol. The molecule has 0 aliphatic rings. The Morgan fingerprint density at radius 2 is 1.95 bits per heavy atom. The van der Waals surface area contributed by atoms with Gasteiger partial charge in [0.15, 0.2) is 5.76 Å². The van der Waals surface area contributed by atoms with Crippen LogP contribution < -0.4 is 0 Å². The highest BCUT2D eigenvalue weighted by molar-refractivity contribution is 6.30. The summed E-state index contributed by atoms with van der Waals surface area (Å²) in [6.07, 6.45) is 0. The van der Waals surface area contributed by atoms with Gasteiger partial charge in [0.2, 0.25) is 0 Å². The van der Waals surface area contributed by atoms with Crippen LogP contribution in [0, 0.1) is 0 Å². The molecule has 108 valence electrons. The van der Waals surface area contributed by atoms with Crippen molar-refractivity contribution in [3.8, 4) is 11.3 Å². The first-order valence-corrected chi connectivity index (χ1v) is 6.84. The topological polar surface area (TPSA) is 49.5 Å². The molecule has 0 bridgehead atoms. The van der Waals surface area contributed by atoms with Gasteiger partial charge in [-0.2, -0.15) is 0 Å². The van der Waals surface area contributed by atoms with Crippen molar-refractivity contribution in [2.45, 2.75) is 26.0 Å². The molecule has 0 radical (unpaired) electrons. The summed E-state index contributed by atoms with van der Waals surface area (Å²) < 4.78 is 5.33. The first-order valence-electron chi connectivity index (χ1n) is 6.46. The van der Waals surface area contributed by atoms with Gasteiger partial charge in [0, 0.05) is 23.2 Å². The minimum absolute atomic E-state index is 0.560. The summed E-state index contributed by atoms with van der Waals surface area (Å²) in [5.74, 6) is 0.765. The van der Waals surface area contributed by atoms with Gasteiger partial charge in [-0.1, -0.05) is 28.9 Å². The number of nitrogens with zero attached hydrogens (tertiary/aromatic N) is 2. The first kappa shape index (κ1) is 15.0. The van der Waals surface area contributed by atoms with E-state index in [0.717, 1.165) is 17.0 Å². The van der Waals surface area contributed by atoms with E-state index in [9.17, 15) is 5.11 Å². The van der Waals surface area contributed by atoms with Crippen LogP contribution in [0.4, 0.5) is 0 Å². The van der Waals surface area contributed by atoms with Crippen LogP contribution in [0.3, 0.4) is 0 Å². The Morgan fingerprint density at radius 3 is 2.55 bits per heavy atom. The maximum absolute atomic E-state index is 9.77. The molecule has 20 heavy (non-hydrogen) atoms.